The highest BCUT2D eigenvalue weighted by molar-refractivity contribution is 7.99. The molecule has 3 nitrogen and oxygen atoms in total. The lowest BCUT2D eigenvalue weighted by Crippen LogP contribution is -2.34. The minimum absolute atomic E-state index is 0.00151. The number of Topliss-reactive ketones (excluding diaryl/α,β-unsaturated/α-hetero) is 1. The Labute approximate surface area is 167 Å². The first kappa shape index (κ1) is 20.0. The van der Waals surface area contributed by atoms with Gasteiger partial charge in [0.25, 0.3) is 0 Å². The molecule has 0 fully saturated rings. The Bertz CT molecular complexity index is 850. The van der Waals surface area contributed by atoms with Crippen molar-refractivity contribution < 1.29 is 9.53 Å². The van der Waals surface area contributed by atoms with Gasteiger partial charge in [0.2, 0.25) is 0 Å². The van der Waals surface area contributed by atoms with E-state index in [4.69, 9.17) is 4.74 Å². The molecule has 0 aliphatic carbocycles. The first-order valence-electron chi connectivity index (χ1n) is 9.59. The Kier molecular flexibility index (Phi) is 5.68. The summed E-state index contributed by atoms with van der Waals surface area (Å²) in [5.74, 6) is 1.01. The van der Waals surface area contributed by atoms with Gasteiger partial charge in [0.1, 0.15) is 11.8 Å². The van der Waals surface area contributed by atoms with Crippen LogP contribution >= 0.6 is 11.8 Å². The number of hydrogen-bond donors (Lipinski definition) is 0. The van der Waals surface area contributed by atoms with Crippen molar-refractivity contribution in [1.29, 1.82) is 0 Å². The molecular weight excluding hydrogens is 354 g/mol. The molecule has 0 saturated heterocycles. The van der Waals surface area contributed by atoms with Crippen molar-refractivity contribution in [2.24, 2.45) is 0 Å². The standard InChI is InChI=1S/C23H29NO2S/c1-7-24(8-2)20-16-10-9-11-18(26-6)22(16)27-19-13-12-15(23(3,4)5)14-17(19)21(20)25/h9-14,20H,7-8H2,1-6H3. The highest BCUT2D eigenvalue weighted by Gasteiger charge is 2.35. The third-order valence-electron chi connectivity index (χ3n) is 5.27. The molecule has 0 saturated carbocycles. The fraction of sp³-hybridized carbons (Fsp3) is 0.435. The molecule has 0 amide bonds. The van der Waals surface area contributed by atoms with Crippen LogP contribution in [0.5, 0.6) is 5.75 Å². The molecule has 1 aliphatic rings. The Morgan fingerprint density at radius 2 is 1.81 bits per heavy atom. The third-order valence-corrected chi connectivity index (χ3v) is 6.49. The monoisotopic (exact) mass is 383 g/mol. The number of ketones is 1. The number of carbonyl (C=O) groups is 1. The fourth-order valence-electron chi connectivity index (χ4n) is 3.65. The summed E-state index contributed by atoms with van der Waals surface area (Å²) in [5.41, 5.74) is 3.05. The molecule has 0 aromatic heterocycles. The molecule has 4 heteroatoms. The van der Waals surface area contributed by atoms with Crippen molar-refractivity contribution in [2.75, 3.05) is 20.2 Å². The topological polar surface area (TPSA) is 29.5 Å². The number of nitrogens with zero attached hydrogens (tertiary/aromatic N) is 1. The van der Waals surface area contributed by atoms with Gasteiger partial charge < -0.3 is 4.74 Å². The number of hydrogen-bond acceptors (Lipinski definition) is 4. The van der Waals surface area contributed by atoms with E-state index in [-0.39, 0.29) is 17.2 Å². The number of benzene rings is 2. The van der Waals surface area contributed by atoms with E-state index in [2.05, 4.69) is 63.8 Å². The summed E-state index contributed by atoms with van der Waals surface area (Å²) >= 11 is 1.65. The van der Waals surface area contributed by atoms with Crippen molar-refractivity contribution >= 4 is 17.5 Å². The van der Waals surface area contributed by atoms with Gasteiger partial charge in [-0.1, -0.05) is 64.6 Å². The molecule has 1 aliphatic heterocycles. The number of likely N-dealkylation sites (N-methyl/N-ethyl adjacent to an activating group) is 1. The predicted molar refractivity (Wildman–Crippen MR) is 112 cm³/mol. The van der Waals surface area contributed by atoms with E-state index in [1.165, 1.54) is 5.56 Å². The zero-order chi connectivity index (χ0) is 19.8. The Morgan fingerprint density at radius 3 is 2.41 bits per heavy atom. The summed E-state index contributed by atoms with van der Waals surface area (Å²) in [6.45, 7) is 12.4. The van der Waals surface area contributed by atoms with Gasteiger partial charge >= 0.3 is 0 Å². The Hall–Kier alpha value is -1.78. The first-order valence-corrected chi connectivity index (χ1v) is 10.4. The van der Waals surface area contributed by atoms with Gasteiger partial charge in [0.15, 0.2) is 5.78 Å². The normalized spacial score (nSPS) is 16.7. The summed E-state index contributed by atoms with van der Waals surface area (Å²) in [5, 5.41) is 0. The van der Waals surface area contributed by atoms with Crippen LogP contribution in [0.1, 0.15) is 62.1 Å². The zero-order valence-corrected chi connectivity index (χ0v) is 17.9. The van der Waals surface area contributed by atoms with E-state index in [0.29, 0.717) is 0 Å². The number of fused-ring (bicyclic) bond motifs is 2. The number of carbonyl (C=O) groups excluding carboxylic acids is 1. The van der Waals surface area contributed by atoms with Crippen molar-refractivity contribution in [2.45, 2.75) is 55.9 Å². The summed E-state index contributed by atoms with van der Waals surface area (Å²) in [4.78, 5) is 18.0. The van der Waals surface area contributed by atoms with Crippen LogP contribution in [-0.4, -0.2) is 30.9 Å². The van der Waals surface area contributed by atoms with E-state index in [1.807, 2.05) is 12.1 Å². The van der Waals surface area contributed by atoms with Crippen LogP contribution in [0.25, 0.3) is 0 Å². The van der Waals surface area contributed by atoms with Crippen LogP contribution in [0, 0.1) is 0 Å². The Morgan fingerprint density at radius 1 is 1.11 bits per heavy atom. The van der Waals surface area contributed by atoms with Gasteiger partial charge in [-0.25, -0.2) is 0 Å². The minimum Gasteiger partial charge on any atom is -0.496 e. The Balaban J connectivity index is 2.26. The van der Waals surface area contributed by atoms with Gasteiger partial charge in [-0.05, 0) is 47.8 Å². The molecule has 2 aromatic carbocycles. The van der Waals surface area contributed by atoms with E-state index in [0.717, 1.165) is 39.8 Å². The fourth-order valence-corrected chi connectivity index (χ4v) is 4.82. The molecule has 3 rings (SSSR count). The van der Waals surface area contributed by atoms with E-state index < -0.39 is 0 Å². The quantitative estimate of drug-likeness (QED) is 0.675. The molecule has 27 heavy (non-hydrogen) atoms. The maximum Gasteiger partial charge on any atom is 0.185 e. The van der Waals surface area contributed by atoms with Crippen LogP contribution in [0.2, 0.25) is 0 Å². The molecule has 144 valence electrons. The van der Waals surface area contributed by atoms with Gasteiger partial charge in [0, 0.05) is 10.5 Å². The first-order chi connectivity index (χ1) is 12.8. The predicted octanol–water partition coefficient (Wildman–Crippen LogP) is 5.72. The molecule has 2 aromatic rings. The van der Waals surface area contributed by atoms with Crippen LogP contribution in [-0.2, 0) is 5.41 Å². The second-order valence-electron chi connectivity index (χ2n) is 7.93. The van der Waals surface area contributed by atoms with Gasteiger partial charge in [-0.3, -0.25) is 9.69 Å². The van der Waals surface area contributed by atoms with E-state index in [9.17, 15) is 4.79 Å². The number of rotatable bonds is 4. The van der Waals surface area contributed by atoms with E-state index in [1.54, 1.807) is 18.9 Å². The van der Waals surface area contributed by atoms with Crippen molar-refractivity contribution in [3.05, 3.63) is 53.1 Å². The smallest absolute Gasteiger partial charge is 0.185 e. The lowest BCUT2D eigenvalue weighted by atomic mass is 9.85. The molecule has 0 bridgehead atoms. The molecular formula is C23H29NO2S. The maximum absolute atomic E-state index is 13.7. The maximum atomic E-state index is 13.7. The number of ether oxygens (including phenoxy) is 1. The average molecular weight is 384 g/mol. The summed E-state index contributed by atoms with van der Waals surface area (Å²) in [6.07, 6.45) is 0. The van der Waals surface area contributed by atoms with Crippen LogP contribution in [0.3, 0.4) is 0 Å². The van der Waals surface area contributed by atoms with Gasteiger partial charge in [-0.15, -0.1) is 0 Å². The summed E-state index contributed by atoms with van der Waals surface area (Å²) < 4.78 is 5.64. The zero-order valence-electron chi connectivity index (χ0n) is 17.1. The molecule has 0 radical (unpaired) electrons. The highest BCUT2D eigenvalue weighted by Crippen LogP contribution is 2.47. The van der Waals surface area contributed by atoms with Crippen LogP contribution < -0.4 is 4.74 Å². The molecule has 1 unspecified atom stereocenters. The summed E-state index contributed by atoms with van der Waals surface area (Å²) in [6, 6.07) is 12.1. The third kappa shape index (κ3) is 3.65. The summed E-state index contributed by atoms with van der Waals surface area (Å²) in [7, 11) is 1.69. The molecule has 0 N–H and O–H groups in total. The van der Waals surface area contributed by atoms with Crippen LogP contribution in [0.4, 0.5) is 0 Å². The second kappa shape index (κ2) is 7.69. The molecule has 1 atom stereocenters. The molecule has 0 spiro atoms. The average Bonchev–Trinajstić information content (AvgIpc) is 2.76. The highest BCUT2D eigenvalue weighted by atomic mass is 32.2. The van der Waals surface area contributed by atoms with Crippen molar-refractivity contribution in [3.8, 4) is 5.75 Å². The largest absolute Gasteiger partial charge is 0.496 e. The van der Waals surface area contributed by atoms with E-state index >= 15 is 0 Å². The molecule has 1 heterocycles. The van der Waals surface area contributed by atoms with Gasteiger partial charge in [-0.2, -0.15) is 0 Å². The van der Waals surface area contributed by atoms with Gasteiger partial charge in [0.05, 0.1) is 12.0 Å². The van der Waals surface area contributed by atoms with Crippen molar-refractivity contribution in [3.63, 3.8) is 0 Å². The lowest BCUT2D eigenvalue weighted by molar-refractivity contribution is 0.0826. The second-order valence-corrected chi connectivity index (χ2v) is 8.98. The lowest BCUT2D eigenvalue weighted by Gasteiger charge is -2.29. The van der Waals surface area contributed by atoms with Crippen molar-refractivity contribution in [1.82, 2.24) is 4.90 Å². The number of methoxy groups -OCH3 is 1. The van der Waals surface area contributed by atoms with Crippen LogP contribution in [0.15, 0.2) is 46.2 Å². The SMILES string of the molecule is CCN(CC)C1C(=O)c2cc(C(C)(C)C)ccc2Sc2c(OC)cccc21. The minimum atomic E-state index is -0.283.